The topological polar surface area (TPSA) is 102 Å². The maximum atomic E-state index is 12.5. The standard InChI is InChI=1S/C20H22N6O3/c1-12-15(10-16-17(22-12)25(4)20(29)26(5)19(16)28)18(27)23-21-11-13-6-8-14(9-7-13)24(2)3/h6-11H,1-5H3,(H,23,27)/b21-11-. The summed E-state index contributed by atoms with van der Waals surface area (Å²) in [6.07, 6.45) is 1.53. The van der Waals surface area contributed by atoms with Gasteiger partial charge in [0.1, 0.15) is 5.65 Å². The average molecular weight is 394 g/mol. The van der Waals surface area contributed by atoms with Crippen LogP contribution in [0.4, 0.5) is 5.69 Å². The molecule has 3 aromatic rings. The van der Waals surface area contributed by atoms with Gasteiger partial charge in [-0.05, 0) is 30.7 Å². The second-order valence-corrected chi connectivity index (χ2v) is 6.88. The van der Waals surface area contributed by atoms with Crippen LogP contribution in [0.25, 0.3) is 11.0 Å². The molecule has 0 aliphatic heterocycles. The Bertz CT molecular complexity index is 1240. The summed E-state index contributed by atoms with van der Waals surface area (Å²) < 4.78 is 2.26. The molecule has 0 radical (unpaired) electrons. The van der Waals surface area contributed by atoms with E-state index in [-0.39, 0.29) is 16.6 Å². The average Bonchev–Trinajstić information content (AvgIpc) is 2.70. The van der Waals surface area contributed by atoms with Crippen molar-refractivity contribution in [3.8, 4) is 0 Å². The number of hydrogen-bond acceptors (Lipinski definition) is 6. The molecule has 9 nitrogen and oxygen atoms in total. The van der Waals surface area contributed by atoms with Crippen LogP contribution in [0.15, 0.2) is 45.0 Å². The van der Waals surface area contributed by atoms with Gasteiger partial charge in [-0.1, -0.05) is 12.1 Å². The van der Waals surface area contributed by atoms with Crippen LogP contribution in [0.1, 0.15) is 21.6 Å². The molecule has 0 aliphatic carbocycles. The summed E-state index contributed by atoms with van der Waals surface area (Å²) in [4.78, 5) is 43.3. The number of hydrazone groups is 1. The second kappa shape index (κ2) is 7.70. The summed E-state index contributed by atoms with van der Waals surface area (Å²) in [6.45, 7) is 1.64. The zero-order chi connectivity index (χ0) is 21.3. The van der Waals surface area contributed by atoms with Gasteiger partial charge in [-0.15, -0.1) is 0 Å². The van der Waals surface area contributed by atoms with Crippen molar-refractivity contribution in [2.45, 2.75) is 6.92 Å². The van der Waals surface area contributed by atoms with Gasteiger partial charge in [0.25, 0.3) is 11.5 Å². The van der Waals surface area contributed by atoms with E-state index in [1.165, 1.54) is 30.9 Å². The number of nitrogens with zero attached hydrogens (tertiary/aromatic N) is 5. The van der Waals surface area contributed by atoms with Crippen LogP contribution >= 0.6 is 0 Å². The molecule has 150 valence electrons. The Hall–Kier alpha value is -3.75. The van der Waals surface area contributed by atoms with Crippen LogP contribution in [-0.2, 0) is 14.1 Å². The first kappa shape index (κ1) is 20.0. The highest BCUT2D eigenvalue weighted by Gasteiger charge is 2.16. The molecule has 2 aromatic heterocycles. The molecule has 1 amide bonds. The van der Waals surface area contributed by atoms with Gasteiger partial charge in [-0.25, -0.2) is 15.2 Å². The number of rotatable bonds is 4. The van der Waals surface area contributed by atoms with E-state index in [4.69, 9.17) is 0 Å². The molecular weight excluding hydrogens is 372 g/mol. The Morgan fingerprint density at radius 1 is 1.14 bits per heavy atom. The Morgan fingerprint density at radius 3 is 2.41 bits per heavy atom. The number of aryl methyl sites for hydroxylation is 2. The first-order chi connectivity index (χ1) is 13.7. The summed E-state index contributed by atoms with van der Waals surface area (Å²) in [6, 6.07) is 9.10. The van der Waals surface area contributed by atoms with E-state index in [0.29, 0.717) is 5.69 Å². The van der Waals surface area contributed by atoms with E-state index >= 15 is 0 Å². The van der Waals surface area contributed by atoms with Crippen LogP contribution in [0.3, 0.4) is 0 Å². The van der Waals surface area contributed by atoms with Gasteiger partial charge in [0.15, 0.2) is 0 Å². The maximum Gasteiger partial charge on any atom is 0.332 e. The van der Waals surface area contributed by atoms with E-state index in [9.17, 15) is 14.4 Å². The van der Waals surface area contributed by atoms with Crippen molar-refractivity contribution in [3.05, 3.63) is 68.0 Å². The zero-order valence-corrected chi connectivity index (χ0v) is 16.9. The highest BCUT2D eigenvalue weighted by Crippen LogP contribution is 2.13. The van der Waals surface area contributed by atoms with Gasteiger partial charge < -0.3 is 4.90 Å². The third-order valence-electron chi connectivity index (χ3n) is 4.65. The Labute approximate surface area is 166 Å². The number of amides is 1. The van der Waals surface area contributed by atoms with Crippen molar-refractivity contribution < 1.29 is 4.79 Å². The molecule has 0 saturated heterocycles. The monoisotopic (exact) mass is 394 g/mol. The number of anilines is 1. The molecule has 0 atom stereocenters. The highest BCUT2D eigenvalue weighted by atomic mass is 16.2. The lowest BCUT2D eigenvalue weighted by atomic mass is 10.1. The summed E-state index contributed by atoms with van der Waals surface area (Å²) in [5.74, 6) is -0.492. The molecule has 1 aromatic carbocycles. The Balaban J connectivity index is 1.88. The lowest BCUT2D eigenvalue weighted by Gasteiger charge is -2.11. The lowest BCUT2D eigenvalue weighted by Crippen LogP contribution is -2.37. The van der Waals surface area contributed by atoms with E-state index in [1.54, 1.807) is 6.92 Å². The van der Waals surface area contributed by atoms with Gasteiger partial charge in [0.05, 0.1) is 22.9 Å². The van der Waals surface area contributed by atoms with Crippen LogP contribution in [0.5, 0.6) is 0 Å². The third kappa shape index (κ3) is 3.79. The maximum absolute atomic E-state index is 12.5. The zero-order valence-electron chi connectivity index (χ0n) is 16.9. The van der Waals surface area contributed by atoms with E-state index in [1.807, 2.05) is 43.3 Å². The Kier molecular flexibility index (Phi) is 5.31. The first-order valence-corrected chi connectivity index (χ1v) is 8.89. The molecule has 1 N–H and O–H groups in total. The molecule has 0 unspecified atom stereocenters. The molecular formula is C20H22N6O3. The minimum atomic E-state index is -0.505. The summed E-state index contributed by atoms with van der Waals surface area (Å²) in [5, 5.41) is 4.17. The fourth-order valence-electron chi connectivity index (χ4n) is 2.90. The van der Waals surface area contributed by atoms with Gasteiger partial charge >= 0.3 is 5.69 Å². The number of pyridine rings is 1. The van der Waals surface area contributed by atoms with Gasteiger partial charge in [0, 0.05) is 33.9 Å². The van der Waals surface area contributed by atoms with Crippen molar-refractivity contribution >= 4 is 28.8 Å². The number of nitrogens with one attached hydrogen (secondary N) is 1. The third-order valence-corrected chi connectivity index (χ3v) is 4.65. The highest BCUT2D eigenvalue weighted by molar-refractivity contribution is 5.98. The minimum Gasteiger partial charge on any atom is -0.378 e. The van der Waals surface area contributed by atoms with Crippen LogP contribution in [0, 0.1) is 6.92 Å². The fourth-order valence-corrected chi connectivity index (χ4v) is 2.90. The molecule has 9 heteroatoms. The number of aromatic nitrogens is 3. The fraction of sp³-hybridized carbons (Fsp3) is 0.250. The molecule has 0 bridgehead atoms. The Morgan fingerprint density at radius 2 is 1.79 bits per heavy atom. The molecule has 0 spiro atoms. The first-order valence-electron chi connectivity index (χ1n) is 8.89. The quantitative estimate of drug-likeness (QED) is 0.520. The van der Waals surface area contributed by atoms with E-state index in [0.717, 1.165) is 15.8 Å². The molecule has 0 saturated carbocycles. The molecule has 0 aliphatic rings. The van der Waals surface area contributed by atoms with Gasteiger partial charge in [-0.2, -0.15) is 5.10 Å². The van der Waals surface area contributed by atoms with Crippen molar-refractivity contribution in [3.63, 3.8) is 0 Å². The SMILES string of the molecule is Cc1nc2c(cc1C(=O)N/N=C\c1ccc(N(C)C)cc1)c(=O)n(C)c(=O)n2C. The molecule has 0 fully saturated rings. The normalized spacial score (nSPS) is 11.2. The smallest absolute Gasteiger partial charge is 0.332 e. The summed E-state index contributed by atoms with van der Waals surface area (Å²) in [7, 11) is 6.82. The van der Waals surface area contributed by atoms with E-state index < -0.39 is 17.2 Å². The predicted octanol–water partition coefficient (Wildman–Crippen LogP) is 0.771. The number of carbonyl (C=O) groups excluding carboxylic acids is 1. The largest absolute Gasteiger partial charge is 0.378 e. The van der Waals surface area contributed by atoms with Crippen molar-refractivity contribution in [1.82, 2.24) is 19.5 Å². The molecule has 3 rings (SSSR count). The summed E-state index contributed by atoms with van der Waals surface area (Å²) >= 11 is 0. The van der Waals surface area contributed by atoms with E-state index in [2.05, 4.69) is 15.5 Å². The number of hydrogen-bond donors (Lipinski definition) is 1. The predicted molar refractivity (Wildman–Crippen MR) is 113 cm³/mol. The van der Waals surface area contributed by atoms with Crippen molar-refractivity contribution in [2.75, 3.05) is 19.0 Å². The molecule has 29 heavy (non-hydrogen) atoms. The second-order valence-electron chi connectivity index (χ2n) is 6.88. The summed E-state index contributed by atoms with van der Waals surface area (Å²) in [5.41, 5.74) is 4.20. The van der Waals surface area contributed by atoms with Crippen molar-refractivity contribution in [1.29, 1.82) is 0 Å². The van der Waals surface area contributed by atoms with Gasteiger partial charge in [-0.3, -0.25) is 18.7 Å². The number of fused-ring (bicyclic) bond motifs is 1. The van der Waals surface area contributed by atoms with Crippen LogP contribution in [-0.4, -0.2) is 40.3 Å². The lowest BCUT2D eigenvalue weighted by molar-refractivity contribution is 0.0954. The number of benzene rings is 1. The van der Waals surface area contributed by atoms with Crippen LogP contribution in [0.2, 0.25) is 0 Å². The number of carbonyl (C=O) groups is 1. The van der Waals surface area contributed by atoms with Gasteiger partial charge in [0.2, 0.25) is 0 Å². The van der Waals surface area contributed by atoms with Crippen molar-refractivity contribution in [2.24, 2.45) is 19.2 Å². The molecule has 2 heterocycles. The minimum absolute atomic E-state index is 0.189. The van der Waals surface area contributed by atoms with Crippen LogP contribution < -0.4 is 21.6 Å².